The predicted molar refractivity (Wildman–Crippen MR) is 74.6 cm³/mol. The molecule has 0 atom stereocenters. The Morgan fingerprint density at radius 1 is 1.30 bits per heavy atom. The minimum absolute atomic E-state index is 0.524. The highest BCUT2D eigenvalue weighted by Gasteiger charge is 2.28. The number of hydrogen-bond acceptors (Lipinski definition) is 4. The Bertz CT molecular complexity index is 653. The summed E-state index contributed by atoms with van der Waals surface area (Å²) in [4.78, 5) is 4.31. The number of aromatic nitrogens is 2. The van der Waals surface area contributed by atoms with Crippen LogP contribution in [0.5, 0.6) is 11.5 Å². The molecule has 0 spiro atoms. The van der Waals surface area contributed by atoms with Gasteiger partial charge in [-0.05, 0) is 26.0 Å². The summed E-state index contributed by atoms with van der Waals surface area (Å²) < 4.78 is 13.2. The highest BCUT2D eigenvalue weighted by Crippen LogP contribution is 2.34. The number of benzene rings is 1. The van der Waals surface area contributed by atoms with Gasteiger partial charge in [0.2, 0.25) is 0 Å². The average molecular weight is 271 g/mol. The first-order valence-corrected chi connectivity index (χ1v) is 6.23. The number of methoxy groups -OCH3 is 1. The second-order valence-corrected chi connectivity index (χ2v) is 4.95. The maximum absolute atomic E-state index is 8.99. The van der Waals surface area contributed by atoms with Crippen LogP contribution in [0.2, 0.25) is 0 Å². The molecule has 0 N–H and O–H groups in total. The van der Waals surface area contributed by atoms with E-state index in [1.807, 2.05) is 31.7 Å². The monoisotopic (exact) mass is 271 g/mol. The van der Waals surface area contributed by atoms with E-state index in [4.69, 9.17) is 14.7 Å². The third kappa shape index (κ3) is 2.59. The average Bonchev–Trinajstić information content (AvgIpc) is 2.85. The van der Waals surface area contributed by atoms with Crippen molar-refractivity contribution in [2.24, 2.45) is 7.05 Å². The van der Waals surface area contributed by atoms with E-state index >= 15 is 0 Å². The van der Waals surface area contributed by atoms with Crippen LogP contribution in [0, 0.1) is 11.3 Å². The van der Waals surface area contributed by atoms with Gasteiger partial charge in [0, 0.05) is 25.5 Å². The Hall–Kier alpha value is -2.48. The van der Waals surface area contributed by atoms with Crippen molar-refractivity contribution < 1.29 is 9.47 Å². The molecule has 104 valence electrons. The van der Waals surface area contributed by atoms with Gasteiger partial charge in [-0.3, -0.25) is 0 Å². The Kier molecular flexibility index (Phi) is 3.66. The van der Waals surface area contributed by atoms with Crippen molar-refractivity contribution in [3.8, 4) is 17.6 Å². The molecule has 1 heterocycles. The zero-order chi connectivity index (χ0) is 14.8. The molecule has 0 saturated heterocycles. The zero-order valence-electron chi connectivity index (χ0n) is 12.0. The minimum Gasteiger partial charge on any atom is -0.493 e. The molecule has 2 aromatic rings. The molecule has 0 bridgehead atoms. The highest BCUT2D eigenvalue weighted by atomic mass is 16.5. The van der Waals surface area contributed by atoms with Crippen molar-refractivity contribution >= 4 is 0 Å². The second-order valence-electron chi connectivity index (χ2n) is 4.95. The molecule has 0 saturated carbocycles. The van der Waals surface area contributed by atoms with Crippen LogP contribution in [0.1, 0.15) is 25.2 Å². The molecule has 1 aromatic heterocycles. The van der Waals surface area contributed by atoms with E-state index in [9.17, 15) is 0 Å². The molecule has 20 heavy (non-hydrogen) atoms. The molecular weight excluding hydrogens is 254 g/mol. The Labute approximate surface area is 118 Å². The van der Waals surface area contributed by atoms with Crippen LogP contribution in [0.15, 0.2) is 30.6 Å². The molecular formula is C15H17N3O2. The number of imidazole rings is 1. The van der Waals surface area contributed by atoms with Crippen molar-refractivity contribution in [2.45, 2.75) is 19.4 Å². The smallest absolute Gasteiger partial charge is 0.163 e. The summed E-state index contributed by atoms with van der Waals surface area (Å²) in [6.45, 7) is 3.85. The normalized spacial score (nSPS) is 10.9. The summed E-state index contributed by atoms with van der Waals surface area (Å²) in [5.41, 5.74) is -0.115. The molecule has 5 heteroatoms. The van der Waals surface area contributed by atoms with Crippen LogP contribution in [0.25, 0.3) is 0 Å². The molecule has 5 nitrogen and oxygen atoms in total. The van der Waals surface area contributed by atoms with Gasteiger partial charge in [-0.15, -0.1) is 0 Å². The summed E-state index contributed by atoms with van der Waals surface area (Å²) in [5, 5.41) is 8.99. The molecule has 0 aliphatic carbocycles. The SMILES string of the molecule is COc1ccc(C#N)cc1OC(C)(C)c1nccn1C. The van der Waals surface area contributed by atoms with E-state index < -0.39 is 5.60 Å². The standard InChI is InChI=1S/C15H17N3O2/c1-15(2,14-17-7-8-18(14)3)20-13-9-11(10-16)5-6-12(13)19-4/h5-9H,1-4H3. The molecule has 0 aliphatic rings. The Morgan fingerprint density at radius 3 is 2.60 bits per heavy atom. The fraction of sp³-hybridized carbons (Fsp3) is 0.333. The summed E-state index contributed by atoms with van der Waals surface area (Å²) in [6.07, 6.45) is 3.59. The van der Waals surface area contributed by atoms with Gasteiger partial charge in [-0.25, -0.2) is 4.98 Å². The first-order valence-electron chi connectivity index (χ1n) is 6.23. The molecule has 0 aliphatic heterocycles. The van der Waals surface area contributed by atoms with Crippen LogP contribution >= 0.6 is 0 Å². The lowest BCUT2D eigenvalue weighted by Gasteiger charge is -2.26. The number of nitrogens with zero attached hydrogens (tertiary/aromatic N) is 3. The van der Waals surface area contributed by atoms with E-state index in [1.54, 1.807) is 31.5 Å². The molecule has 0 unspecified atom stereocenters. The zero-order valence-corrected chi connectivity index (χ0v) is 12.0. The molecule has 2 rings (SSSR count). The Morgan fingerprint density at radius 2 is 2.05 bits per heavy atom. The number of ether oxygens (including phenoxy) is 2. The fourth-order valence-corrected chi connectivity index (χ4v) is 2.09. The van der Waals surface area contributed by atoms with Crippen molar-refractivity contribution in [3.05, 3.63) is 42.0 Å². The van der Waals surface area contributed by atoms with Crippen LogP contribution in [0.3, 0.4) is 0 Å². The van der Waals surface area contributed by atoms with Gasteiger partial charge in [-0.2, -0.15) is 5.26 Å². The van der Waals surface area contributed by atoms with Gasteiger partial charge < -0.3 is 14.0 Å². The van der Waals surface area contributed by atoms with Gasteiger partial charge >= 0.3 is 0 Å². The molecule has 0 fully saturated rings. The number of nitriles is 1. The topological polar surface area (TPSA) is 60.1 Å². The summed E-state index contributed by atoms with van der Waals surface area (Å²) >= 11 is 0. The van der Waals surface area contributed by atoms with Crippen LogP contribution in [0.4, 0.5) is 0 Å². The third-order valence-corrected chi connectivity index (χ3v) is 3.02. The van der Waals surface area contributed by atoms with E-state index in [2.05, 4.69) is 11.1 Å². The number of aryl methyl sites for hydroxylation is 1. The summed E-state index contributed by atoms with van der Waals surface area (Å²) in [7, 11) is 3.48. The summed E-state index contributed by atoms with van der Waals surface area (Å²) in [6, 6.07) is 7.18. The van der Waals surface area contributed by atoms with E-state index in [0.717, 1.165) is 5.82 Å². The van der Waals surface area contributed by atoms with E-state index in [-0.39, 0.29) is 0 Å². The van der Waals surface area contributed by atoms with Crippen LogP contribution in [-0.4, -0.2) is 16.7 Å². The largest absolute Gasteiger partial charge is 0.493 e. The second kappa shape index (κ2) is 5.25. The Balaban J connectivity index is 2.38. The van der Waals surface area contributed by atoms with Crippen molar-refractivity contribution in [3.63, 3.8) is 0 Å². The van der Waals surface area contributed by atoms with E-state index in [1.165, 1.54) is 0 Å². The first kappa shape index (κ1) is 13.9. The quantitative estimate of drug-likeness (QED) is 0.857. The fourth-order valence-electron chi connectivity index (χ4n) is 2.09. The van der Waals surface area contributed by atoms with Crippen molar-refractivity contribution in [1.29, 1.82) is 5.26 Å². The predicted octanol–water partition coefficient (Wildman–Crippen LogP) is 2.61. The van der Waals surface area contributed by atoms with Crippen LogP contribution < -0.4 is 9.47 Å². The lowest BCUT2D eigenvalue weighted by molar-refractivity contribution is 0.0911. The molecule has 0 radical (unpaired) electrons. The maximum Gasteiger partial charge on any atom is 0.163 e. The van der Waals surface area contributed by atoms with Crippen molar-refractivity contribution in [2.75, 3.05) is 7.11 Å². The van der Waals surface area contributed by atoms with E-state index in [0.29, 0.717) is 17.1 Å². The lowest BCUT2D eigenvalue weighted by Crippen LogP contribution is -2.29. The number of rotatable bonds is 4. The summed E-state index contributed by atoms with van der Waals surface area (Å²) in [5.74, 6) is 1.91. The molecule has 1 aromatic carbocycles. The first-order chi connectivity index (χ1) is 9.47. The maximum atomic E-state index is 8.99. The molecule has 0 amide bonds. The number of hydrogen-bond donors (Lipinski definition) is 0. The third-order valence-electron chi connectivity index (χ3n) is 3.02. The van der Waals surface area contributed by atoms with Gasteiger partial charge in [-0.1, -0.05) is 0 Å². The minimum atomic E-state index is -0.639. The van der Waals surface area contributed by atoms with Gasteiger partial charge in [0.15, 0.2) is 22.9 Å². The van der Waals surface area contributed by atoms with Gasteiger partial charge in [0.05, 0.1) is 18.7 Å². The highest BCUT2D eigenvalue weighted by molar-refractivity contribution is 5.47. The van der Waals surface area contributed by atoms with Gasteiger partial charge in [0.1, 0.15) is 0 Å². The van der Waals surface area contributed by atoms with Crippen LogP contribution in [-0.2, 0) is 12.6 Å². The van der Waals surface area contributed by atoms with Crippen molar-refractivity contribution in [1.82, 2.24) is 9.55 Å². The lowest BCUT2D eigenvalue weighted by atomic mass is 10.1. The van der Waals surface area contributed by atoms with Gasteiger partial charge in [0.25, 0.3) is 0 Å².